The van der Waals surface area contributed by atoms with Crippen LogP contribution in [0.1, 0.15) is 68.1 Å². The number of hydrogen-bond acceptors (Lipinski definition) is 12. The summed E-state index contributed by atoms with van der Waals surface area (Å²) in [7, 11) is 0. The molecule has 1 saturated heterocycles. The molecule has 2 aliphatic rings. The molecule has 0 spiro atoms. The van der Waals surface area contributed by atoms with Gasteiger partial charge in [-0.15, -0.1) is 0 Å². The molecule has 13 heteroatoms. The van der Waals surface area contributed by atoms with E-state index in [1.165, 1.54) is 44.6 Å². The summed E-state index contributed by atoms with van der Waals surface area (Å²) in [6.07, 6.45) is 6.79. The van der Waals surface area contributed by atoms with Gasteiger partial charge in [0.25, 0.3) is 6.47 Å². The van der Waals surface area contributed by atoms with Crippen LogP contribution in [0.5, 0.6) is 0 Å². The van der Waals surface area contributed by atoms with Crippen molar-refractivity contribution in [3.05, 3.63) is 60.1 Å². The van der Waals surface area contributed by atoms with E-state index in [2.05, 4.69) is 15.3 Å². The first-order valence-corrected chi connectivity index (χ1v) is 15.3. The highest BCUT2D eigenvalue weighted by atomic mass is 16.6. The number of aliphatic hydroxyl groups excluding tert-OH is 2. The largest absolute Gasteiger partial charge is 0.458 e. The Labute approximate surface area is 255 Å². The topological polar surface area (TPSA) is 161 Å². The van der Waals surface area contributed by atoms with Gasteiger partial charge in [-0.1, -0.05) is 62.4 Å². The van der Waals surface area contributed by atoms with Gasteiger partial charge in [0.2, 0.25) is 11.8 Å². The number of rotatable bonds is 13. The van der Waals surface area contributed by atoms with E-state index < -0.39 is 24.5 Å². The lowest BCUT2D eigenvalue weighted by Gasteiger charge is -2.23. The van der Waals surface area contributed by atoms with E-state index in [0.29, 0.717) is 47.6 Å². The molecule has 0 bridgehead atoms. The van der Waals surface area contributed by atoms with Gasteiger partial charge in [-0.2, -0.15) is 9.97 Å². The quantitative estimate of drug-likeness (QED) is 0.150. The molecule has 6 rings (SSSR count). The van der Waals surface area contributed by atoms with E-state index in [4.69, 9.17) is 23.9 Å². The van der Waals surface area contributed by atoms with E-state index in [0.717, 1.165) is 18.5 Å². The number of aryl methyl sites for hydroxylation is 1. The third-order valence-electron chi connectivity index (χ3n) is 8.53. The molecule has 4 atom stereocenters. The lowest BCUT2D eigenvalue weighted by atomic mass is 9.87. The molecule has 0 amide bonds. The molecule has 1 aromatic carbocycles. The number of carbonyl (C=O) groups is 1. The molecule has 1 aliphatic carbocycles. The Bertz CT molecular complexity index is 1520. The zero-order valence-electron chi connectivity index (χ0n) is 24.8. The number of fused-ring (bicyclic) bond motifs is 1. The van der Waals surface area contributed by atoms with Gasteiger partial charge < -0.3 is 34.3 Å². The molecule has 3 aromatic heterocycles. The van der Waals surface area contributed by atoms with E-state index in [9.17, 15) is 15.0 Å². The number of benzene rings is 1. The Hall–Kier alpha value is -4.07. The summed E-state index contributed by atoms with van der Waals surface area (Å²) in [6, 6.07) is 10.0. The molecule has 4 aromatic rings. The average molecular weight is 606 g/mol. The van der Waals surface area contributed by atoms with Crippen LogP contribution in [0.15, 0.2) is 47.3 Å². The van der Waals surface area contributed by atoms with Gasteiger partial charge in [0.15, 0.2) is 35.4 Å². The summed E-state index contributed by atoms with van der Waals surface area (Å²) in [5, 5.41) is 25.1. The van der Waals surface area contributed by atoms with Gasteiger partial charge in [0.1, 0.15) is 18.6 Å². The summed E-state index contributed by atoms with van der Waals surface area (Å²) in [5.74, 6) is 2.27. The van der Waals surface area contributed by atoms with E-state index in [-0.39, 0.29) is 19.1 Å². The van der Waals surface area contributed by atoms with Crippen molar-refractivity contribution in [2.45, 2.75) is 76.4 Å². The molecule has 44 heavy (non-hydrogen) atoms. The monoisotopic (exact) mass is 605 g/mol. The minimum Gasteiger partial charge on any atom is -0.458 e. The normalized spacial score (nSPS) is 22.3. The maximum Gasteiger partial charge on any atom is 0.293 e. The number of ether oxygens (including phenoxy) is 2. The lowest BCUT2D eigenvalue weighted by Crippen LogP contribution is -2.32. The Morgan fingerprint density at radius 2 is 1.98 bits per heavy atom. The van der Waals surface area contributed by atoms with Crippen molar-refractivity contribution in [3.63, 3.8) is 0 Å². The number of hydrogen-bond donors (Lipinski definition) is 3. The van der Waals surface area contributed by atoms with Crippen LogP contribution >= 0.6 is 0 Å². The maximum absolute atomic E-state index is 11.4. The molecular formula is C31H39N7O6. The van der Waals surface area contributed by atoms with Gasteiger partial charge >= 0.3 is 0 Å². The summed E-state index contributed by atoms with van der Waals surface area (Å²) >= 11 is 0. The first kappa shape index (κ1) is 30.0. The van der Waals surface area contributed by atoms with Crippen LogP contribution in [-0.2, 0) is 20.7 Å². The second kappa shape index (κ2) is 13.7. The number of aliphatic hydroxyl groups is 2. The lowest BCUT2D eigenvalue weighted by molar-refractivity contribution is -0.140. The van der Waals surface area contributed by atoms with Crippen molar-refractivity contribution < 1.29 is 28.9 Å². The first-order chi connectivity index (χ1) is 21.6. The van der Waals surface area contributed by atoms with Crippen LogP contribution in [-0.4, -0.2) is 73.2 Å². The molecule has 0 unspecified atom stereocenters. The van der Waals surface area contributed by atoms with E-state index in [1.807, 2.05) is 30.3 Å². The Morgan fingerprint density at radius 1 is 1.16 bits per heavy atom. The molecule has 0 radical (unpaired) electrons. The van der Waals surface area contributed by atoms with Gasteiger partial charge in [-0.3, -0.25) is 9.36 Å². The number of oxazole rings is 1. The van der Waals surface area contributed by atoms with Crippen LogP contribution in [0.2, 0.25) is 0 Å². The fourth-order valence-corrected chi connectivity index (χ4v) is 6.17. The van der Waals surface area contributed by atoms with Crippen molar-refractivity contribution in [3.8, 4) is 0 Å². The number of nitrogens with zero attached hydrogens (tertiary/aromatic N) is 6. The average Bonchev–Trinajstić information content (AvgIpc) is 3.76. The first-order valence-electron chi connectivity index (χ1n) is 15.3. The van der Waals surface area contributed by atoms with E-state index in [1.54, 1.807) is 16.4 Å². The van der Waals surface area contributed by atoms with E-state index >= 15 is 0 Å². The zero-order valence-corrected chi connectivity index (χ0v) is 24.8. The number of imidazole rings is 1. The second-order valence-corrected chi connectivity index (χ2v) is 11.5. The molecule has 13 nitrogen and oxygen atoms in total. The van der Waals surface area contributed by atoms with Gasteiger partial charge in [-0.25, -0.2) is 9.97 Å². The smallest absolute Gasteiger partial charge is 0.293 e. The van der Waals surface area contributed by atoms with Crippen LogP contribution in [0, 0.1) is 12.8 Å². The van der Waals surface area contributed by atoms with Crippen molar-refractivity contribution in [1.82, 2.24) is 24.5 Å². The summed E-state index contributed by atoms with van der Waals surface area (Å²) in [5.41, 5.74) is 2.02. The molecule has 4 heterocycles. The molecule has 1 aliphatic heterocycles. The van der Waals surface area contributed by atoms with Gasteiger partial charge in [0, 0.05) is 13.1 Å². The van der Waals surface area contributed by atoms with Crippen LogP contribution < -0.4 is 10.2 Å². The highest BCUT2D eigenvalue weighted by Crippen LogP contribution is 2.41. The molecule has 2 fully saturated rings. The maximum atomic E-state index is 11.4. The fraction of sp³-hybridized carbons (Fsp3) is 0.516. The molecule has 234 valence electrons. The summed E-state index contributed by atoms with van der Waals surface area (Å²) in [6.45, 7) is 2.91. The highest BCUT2D eigenvalue weighted by molar-refractivity contribution is 5.84. The second-order valence-electron chi connectivity index (χ2n) is 11.5. The number of aromatic nitrogens is 5. The van der Waals surface area contributed by atoms with Crippen LogP contribution in [0.4, 0.5) is 11.8 Å². The Balaban J connectivity index is 1.32. The fourth-order valence-electron chi connectivity index (χ4n) is 6.17. The Kier molecular flexibility index (Phi) is 9.34. The minimum absolute atomic E-state index is 0.188. The summed E-state index contributed by atoms with van der Waals surface area (Å²) < 4.78 is 18.7. The van der Waals surface area contributed by atoms with Gasteiger partial charge in [-0.05, 0) is 31.2 Å². The van der Waals surface area contributed by atoms with Crippen molar-refractivity contribution in [1.29, 1.82) is 0 Å². The van der Waals surface area contributed by atoms with Crippen molar-refractivity contribution in [2.75, 3.05) is 30.0 Å². The van der Waals surface area contributed by atoms with Crippen LogP contribution in [0.25, 0.3) is 11.2 Å². The molecular weight excluding hydrogens is 566 g/mol. The van der Waals surface area contributed by atoms with Crippen LogP contribution in [0.3, 0.4) is 0 Å². The zero-order chi connectivity index (χ0) is 30.5. The third kappa shape index (κ3) is 6.40. The third-order valence-corrected chi connectivity index (χ3v) is 8.53. The highest BCUT2D eigenvalue weighted by Gasteiger charge is 2.49. The predicted octanol–water partition coefficient (Wildman–Crippen LogP) is 3.68. The Morgan fingerprint density at radius 3 is 2.70 bits per heavy atom. The SMILES string of the molecule is Cc1cnc([C@H]2O[C@@H](n3cnc4c(NCCC5CCCCC5)nc(N(CO)CCc5ccccc5)nc43)[C@H](O)[C@@H]2OC=O)o1. The van der Waals surface area contributed by atoms with Crippen molar-refractivity contribution in [2.24, 2.45) is 5.92 Å². The van der Waals surface area contributed by atoms with Crippen molar-refractivity contribution >= 4 is 29.4 Å². The number of anilines is 2. The summed E-state index contributed by atoms with van der Waals surface area (Å²) in [4.78, 5) is 31.5. The van der Waals surface area contributed by atoms with Gasteiger partial charge in [0.05, 0.1) is 12.5 Å². The predicted molar refractivity (Wildman–Crippen MR) is 161 cm³/mol. The standard InChI is InChI=1S/C31H39N7O6/c1-20-16-33-29(43-20)26-25(42-19-40)24(41)30(44-26)38-17-34-23-27(32-14-12-21-8-4-2-5-9-21)35-31(36-28(23)38)37(18-39)15-13-22-10-6-3-7-11-22/h3,6-7,10-11,16-17,19,21,24-26,30,39,41H,2,4-5,8-9,12-15,18H2,1H3,(H,32,35,36)/t24-,25+,26+,30-/m1/s1. The molecule has 1 saturated carbocycles. The number of carbonyl (C=O) groups excluding carboxylic acids is 1. The minimum atomic E-state index is -1.28. The molecule has 3 N–H and O–H groups in total. The number of nitrogens with one attached hydrogen (secondary N) is 1.